The Kier molecular flexibility index (Phi) is 5.23. The van der Waals surface area contributed by atoms with Crippen LogP contribution in [0.3, 0.4) is 0 Å². The molecule has 0 bridgehead atoms. The number of carboxylic acids is 1. The first-order valence-electron chi connectivity index (χ1n) is 6.82. The van der Waals surface area contributed by atoms with Gasteiger partial charge in [0.15, 0.2) is 0 Å². The zero-order chi connectivity index (χ0) is 13.7. The number of likely N-dealkylation sites (tertiary alicyclic amines) is 1. The molecule has 1 N–H and O–H groups in total. The highest BCUT2D eigenvalue weighted by atomic mass is 35.5. The highest BCUT2D eigenvalue weighted by Gasteiger charge is 2.20. The summed E-state index contributed by atoms with van der Waals surface area (Å²) in [6, 6.07) is 7.93. The molecule has 2 rings (SSSR count). The number of benzene rings is 1. The van der Waals surface area contributed by atoms with E-state index in [0.29, 0.717) is 5.92 Å². The molecule has 0 saturated carbocycles. The number of rotatable bonds is 5. The minimum absolute atomic E-state index is 0.282. The van der Waals surface area contributed by atoms with Crippen LogP contribution in [-0.2, 0) is 11.3 Å². The van der Waals surface area contributed by atoms with Crippen LogP contribution in [0.5, 0.6) is 0 Å². The van der Waals surface area contributed by atoms with Gasteiger partial charge in [-0.05, 0) is 43.4 Å². The predicted molar refractivity (Wildman–Crippen MR) is 76.3 cm³/mol. The Morgan fingerprint density at radius 2 is 2.21 bits per heavy atom. The highest BCUT2D eigenvalue weighted by Crippen LogP contribution is 2.24. The van der Waals surface area contributed by atoms with Gasteiger partial charge in [-0.15, -0.1) is 0 Å². The molecule has 1 atom stereocenters. The molecule has 0 aliphatic carbocycles. The van der Waals surface area contributed by atoms with Gasteiger partial charge in [-0.3, -0.25) is 9.69 Å². The van der Waals surface area contributed by atoms with Gasteiger partial charge < -0.3 is 5.11 Å². The Morgan fingerprint density at radius 3 is 2.95 bits per heavy atom. The van der Waals surface area contributed by atoms with E-state index in [1.54, 1.807) is 0 Å². The van der Waals surface area contributed by atoms with Crippen LogP contribution in [0.25, 0.3) is 0 Å². The van der Waals surface area contributed by atoms with Gasteiger partial charge in [0, 0.05) is 24.5 Å². The van der Waals surface area contributed by atoms with Crippen LogP contribution in [0.2, 0.25) is 5.02 Å². The minimum Gasteiger partial charge on any atom is -0.481 e. The molecule has 1 aliphatic heterocycles. The Bertz CT molecular complexity index is 436. The summed E-state index contributed by atoms with van der Waals surface area (Å²) in [5.41, 5.74) is 1.16. The number of hydrogen-bond acceptors (Lipinski definition) is 2. The van der Waals surface area contributed by atoms with Crippen LogP contribution in [-0.4, -0.2) is 29.1 Å². The number of halogens is 1. The van der Waals surface area contributed by atoms with Crippen LogP contribution in [0, 0.1) is 5.92 Å². The van der Waals surface area contributed by atoms with Crippen molar-refractivity contribution in [3.05, 3.63) is 34.9 Å². The molecule has 0 amide bonds. The summed E-state index contributed by atoms with van der Waals surface area (Å²) in [6.45, 7) is 2.93. The summed E-state index contributed by atoms with van der Waals surface area (Å²) in [7, 11) is 0. The Balaban J connectivity index is 1.87. The molecule has 1 aliphatic rings. The van der Waals surface area contributed by atoms with Crippen LogP contribution >= 0.6 is 11.6 Å². The van der Waals surface area contributed by atoms with E-state index >= 15 is 0 Å². The van der Waals surface area contributed by atoms with Gasteiger partial charge in [0.25, 0.3) is 0 Å². The van der Waals surface area contributed by atoms with Gasteiger partial charge in [-0.25, -0.2) is 0 Å². The Labute approximate surface area is 119 Å². The second kappa shape index (κ2) is 6.92. The summed E-state index contributed by atoms with van der Waals surface area (Å²) in [5.74, 6) is -0.185. The van der Waals surface area contributed by atoms with Gasteiger partial charge in [-0.1, -0.05) is 29.8 Å². The number of aliphatic carboxylic acids is 1. The third-order valence-corrected chi connectivity index (χ3v) is 4.09. The van der Waals surface area contributed by atoms with E-state index in [1.807, 2.05) is 18.2 Å². The van der Waals surface area contributed by atoms with Crippen LogP contribution in [0.4, 0.5) is 0 Å². The number of hydrogen-bond donors (Lipinski definition) is 1. The Hall–Kier alpha value is -1.06. The summed E-state index contributed by atoms with van der Waals surface area (Å²) in [6.07, 6.45) is 3.36. The van der Waals surface area contributed by atoms with Crippen LogP contribution in [0.1, 0.15) is 31.2 Å². The maximum Gasteiger partial charge on any atom is 0.303 e. The summed E-state index contributed by atoms with van der Waals surface area (Å²) in [4.78, 5) is 13.0. The third-order valence-electron chi connectivity index (χ3n) is 3.72. The van der Waals surface area contributed by atoms with Gasteiger partial charge >= 0.3 is 5.97 Å². The summed E-state index contributed by atoms with van der Waals surface area (Å²) < 4.78 is 0. The van der Waals surface area contributed by atoms with Crippen LogP contribution < -0.4 is 0 Å². The topological polar surface area (TPSA) is 40.5 Å². The van der Waals surface area contributed by atoms with Crippen molar-refractivity contribution in [1.29, 1.82) is 0 Å². The van der Waals surface area contributed by atoms with Crippen molar-refractivity contribution in [2.45, 2.75) is 32.2 Å². The molecule has 0 radical (unpaired) electrons. The zero-order valence-electron chi connectivity index (χ0n) is 11.0. The lowest BCUT2D eigenvalue weighted by atomic mass is 9.93. The lowest BCUT2D eigenvalue weighted by Crippen LogP contribution is -2.35. The molecule has 1 fully saturated rings. The molecule has 0 spiro atoms. The van der Waals surface area contributed by atoms with E-state index in [-0.39, 0.29) is 6.42 Å². The molecule has 1 unspecified atom stereocenters. The largest absolute Gasteiger partial charge is 0.481 e. The monoisotopic (exact) mass is 281 g/mol. The fourth-order valence-corrected chi connectivity index (χ4v) is 2.92. The molecule has 1 heterocycles. The molecule has 3 nitrogen and oxygen atoms in total. The van der Waals surface area contributed by atoms with Crippen molar-refractivity contribution in [1.82, 2.24) is 4.90 Å². The fraction of sp³-hybridized carbons (Fsp3) is 0.533. The molecule has 1 aromatic carbocycles. The number of carboxylic acid groups (broad SMARTS) is 1. The number of carbonyl (C=O) groups is 1. The van der Waals surface area contributed by atoms with Gasteiger partial charge in [0.05, 0.1) is 0 Å². The maximum atomic E-state index is 10.6. The van der Waals surface area contributed by atoms with Gasteiger partial charge in [-0.2, -0.15) is 0 Å². The van der Waals surface area contributed by atoms with E-state index in [1.165, 1.54) is 0 Å². The average molecular weight is 282 g/mol. The molecule has 1 aromatic rings. The van der Waals surface area contributed by atoms with E-state index in [4.69, 9.17) is 16.7 Å². The third kappa shape index (κ3) is 4.51. The van der Waals surface area contributed by atoms with Gasteiger partial charge in [0.2, 0.25) is 0 Å². The van der Waals surface area contributed by atoms with E-state index in [2.05, 4.69) is 11.0 Å². The van der Waals surface area contributed by atoms with E-state index < -0.39 is 5.97 Å². The van der Waals surface area contributed by atoms with E-state index in [9.17, 15) is 4.79 Å². The van der Waals surface area contributed by atoms with Crippen molar-refractivity contribution in [2.24, 2.45) is 5.92 Å². The molecular formula is C15H20ClNO2. The molecule has 1 saturated heterocycles. The van der Waals surface area contributed by atoms with Crippen molar-refractivity contribution in [3.63, 3.8) is 0 Å². The molecule has 0 aromatic heterocycles. The lowest BCUT2D eigenvalue weighted by Gasteiger charge is -2.32. The normalized spacial score (nSPS) is 20.4. The van der Waals surface area contributed by atoms with Crippen molar-refractivity contribution >= 4 is 17.6 Å². The molecule has 19 heavy (non-hydrogen) atoms. The number of piperidine rings is 1. The van der Waals surface area contributed by atoms with E-state index in [0.717, 1.165) is 49.5 Å². The first kappa shape index (κ1) is 14.4. The first-order valence-corrected chi connectivity index (χ1v) is 7.20. The molecule has 104 valence electrons. The maximum absolute atomic E-state index is 10.6. The minimum atomic E-state index is -0.691. The van der Waals surface area contributed by atoms with Crippen LogP contribution in [0.15, 0.2) is 24.3 Å². The Morgan fingerprint density at radius 1 is 1.42 bits per heavy atom. The lowest BCUT2D eigenvalue weighted by molar-refractivity contribution is -0.137. The standard InChI is InChI=1S/C15H20ClNO2/c16-14-6-2-1-5-13(14)11-17-9-3-4-12(10-17)7-8-15(18)19/h1-2,5-6,12H,3-4,7-11H2,(H,18,19). The number of nitrogens with zero attached hydrogens (tertiary/aromatic N) is 1. The molecular weight excluding hydrogens is 262 g/mol. The first-order chi connectivity index (χ1) is 9.15. The SMILES string of the molecule is O=C(O)CCC1CCCN(Cc2ccccc2Cl)C1. The fourth-order valence-electron chi connectivity index (χ4n) is 2.73. The highest BCUT2D eigenvalue weighted by molar-refractivity contribution is 6.31. The summed E-state index contributed by atoms with van der Waals surface area (Å²) >= 11 is 6.18. The predicted octanol–water partition coefficient (Wildman–Crippen LogP) is 3.42. The van der Waals surface area contributed by atoms with Crippen molar-refractivity contribution in [3.8, 4) is 0 Å². The summed E-state index contributed by atoms with van der Waals surface area (Å²) in [5, 5.41) is 9.57. The second-order valence-electron chi connectivity index (χ2n) is 5.27. The van der Waals surface area contributed by atoms with Gasteiger partial charge in [0.1, 0.15) is 0 Å². The average Bonchev–Trinajstić information content (AvgIpc) is 2.40. The quantitative estimate of drug-likeness (QED) is 0.899. The van der Waals surface area contributed by atoms with Crippen molar-refractivity contribution < 1.29 is 9.90 Å². The molecule has 4 heteroatoms. The smallest absolute Gasteiger partial charge is 0.303 e. The second-order valence-corrected chi connectivity index (χ2v) is 5.67. The zero-order valence-corrected chi connectivity index (χ0v) is 11.8. The van der Waals surface area contributed by atoms with Crippen molar-refractivity contribution in [2.75, 3.05) is 13.1 Å².